The monoisotopic (exact) mass is 587 g/mol. The van der Waals surface area contributed by atoms with Crippen molar-refractivity contribution in [3.8, 4) is 0 Å². The molecule has 8 N–H and O–H groups in total. The topological polar surface area (TPSA) is 195 Å². The highest BCUT2D eigenvalue weighted by molar-refractivity contribution is 5.94. The third kappa shape index (κ3) is 8.29. The van der Waals surface area contributed by atoms with Gasteiger partial charge in [0.25, 0.3) is 0 Å². The summed E-state index contributed by atoms with van der Waals surface area (Å²) in [5.41, 5.74) is 9.34. The van der Waals surface area contributed by atoms with Crippen molar-refractivity contribution in [1.82, 2.24) is 30.9 Å². The Labute approximate surface area is 248 Å². The lowest BCUT2D eigenvalue weighted by molar-refractivity contribution is -0.142. The minimum atomic E-state index is -1.22. The van der Waals surface area contributed by atoms with E-state index in [4.69, 9.17) is 5.73 Å². The third-order valence-electron chi connectivity index (χ3n) is 7.21. The summed E-state index contributed by atoms with van der Waals surface area (Å²) in [6, 6.07) is 12.3. The molecular weight excluding hydrogens is 550 g/mol. The van der Waals surface area contributed by atoms with Crippen LogP contribution >= 0.6 is 0 Å². The third-order valence-corrected chi connectivity index (χ3v) is 7.21. The number of carbonyl (C=O) groups is 4. The maximum Gasteiger partial charge on any atom is 0.326 e. The number of carboxylic acid groups (broad SMARTS) is 1. The predicted molar refractivity (Wildman–Crippen MR) is 161 cm³/mol. The van der Waals surface area contributed by atoms with E-state index in [-0.39, 0.29) is 25.2 Å². The molecule has 0 saturated carbocycles. The number of aromatic amines is 2. The quantitative estimate of drug-likeness (QED) is 0.116. The second-order valence-corrected chi connectivity index (χ2v) is 10.8. The van der Waals surface area contributed by atoms with Gasteiger partial charge in [0.1, 0.15) is 18.1 Å². The van der Waals surface area contributed by atoms with Crippen molar-refractivity contribution in [2.45, 2.75) is 57.3 Å². The van der Waals surface area contributed by atoms with Crippen LogP contribution in [0, 0.1) is 5.92 Å². The molecule has 4 rings (SSSR count). The molecule has 4 unspecified atom stereocenters. The van der Waals surface area contributed by atoms with Crippen molar-refractivity contribution in [2.24, 2.45) is 11.7 Å². The van der Waals surface area contributed by atoms with Gasteiger partial charge in [-0.1, -0.05) is 62.4 Å². The Balaban J connectivity index is 1.45. The van der Waals surface area contributed by atoms with Crippen LogP contribution in [-0.2, 0) is 38.4 Å². The van der Waals surface area contributed by atoms with Gasteiger partial charge in [-0.15, -0.1) is 0 Å². The summed E-state index contributed by atoms with van der Waals surface area (Å²) in [4.78, 5) is 62.0. The van der Waals surface area contributed by atoms with Crippen LogP contribution in [0.1, 0.15) is 30.7 Å². The van der Waals surface area contributed by atoms with Crippen LogP contribution in [0.15, 0.2) is 73.3 Å². The SMILES string of the molecule is CC(C)C(NC(=O)C(N)Cc1c[nH]c2ccccc12)C(=O)NC(Cc1cnc[nH]1)C(=O)NC(Cc1ccccc1)C(=O)O. The highest BCUT2D eigenvalue weighted by Crippen LogP contribution is 2.19. The van der Waals surface area contributed by atoms with Crippen molar-refractivity contribution in [3.63, 3.8) is 0 Å². The lowest BCUT2D eigenvalue weighted by atomic mass is 10.00. The van der Waals surface area contributed by atoms with E-state index < -0.39 is 47.9 Å². The lowest BCUT2D eigenvalue weighted by Crippen LogP contribution is -2.59. The molecule has 2 heterocycles. The van der Waals surface area contributed by atoms with E-state index in [0.717, 1.165) is 22.0 Å². The average Bonchev–Trinajstić information content (AvgIpc) is 3.65. The molecule has 0 aliphatic carbocycles. The van der Waals surface area contributed by atoms with Crippen LogP contribution in [0.25, 0.3) is 10.9 Å². The highest BCUT2D eigenvalue weighted by Gasteiger charge is 2.32. The first kappa shape index (κ1) is 31.0. The number of benzene rings is 2. The summed E-state index contributed by atoms with van der Waals surface area (Å²) in [5, 5.41) is 18.7. The Morgan fingerprint density at radius 2 is 1.53 bits per heavy atom. The van der Waals surface area contributed by atoms with Crippen molar-refractivity contribution in [3.05, 3.63) is 90.1 Å². The number of para-hydroxylation sites is 1. The zero-order valence-electron chi connectivity index (χ0n) is 24.0. The standard InChI is InChI=1S/C31H37N7O5/c1-18(2)27(38-28(39)23(32)13-20-15-34-24-11-7-6-10-22(20)24)30(41)36-25(14-21-16-33-17-35-21)29(40)37-26(31(42)43)12-19-8-4-3-5-9-19/h3-11,15-18,23,25-27,34H,12-14,32H2,1-2H3,(H,33,35)(H,36,41)(H,37,40)(H,38,39)(H,42,43). The number of carbonyl (C=O) groups excluding carboxylic acids is 3. The number of carboxylic acids is 1. The highest BCUT2D eigenvalue weighted by atomic mass is 16.4. The van der Waals surface area contributed by atoms with Gasteiger partial charge >= 0.3 is 5.97 Å². The van der Waals surface area contributed by atoms with Gasteiger partial charge in [0.15, 0.2) is 0 Å². The summed E-state index contributed by atoms with van der Waals surface area (Å²) in [5.74, 6) is -3.35. The molecule has 0 aliphatic rings. The summed E-state index contributed by atoms with van der Waals surface area (Å²) < 4.78 is 0. The first-order chi connectivity index (χ1) is 20.6. The van der Waals surface area contributed by atoms with Crippen LogP contribution in [0.3, 0.4) is 0 Å². The first-order valence-electron chi connectivity index (χ1n) is 14.1. The molecule has 4 atom stereocenters. The Morgan fingerprint density at radius 1 is 0.837 bits per heavy atom. The number of amides is 3. The largest absolute Gasteiger partial charge is 0.480 e. The minimum absolute atomic E-state index is 0.0219. The number of aliphatic carboxylic acids is 1. The molecule has 226 valence electrons. The number of imidazole rings is 1. The number of fused-ring (bicyclic) bond motifs is 1. The minimum Gasteiger partial charge on any atom is -0.480 e. The van der Waals surface area contributed by atoms with E-state index in [2.05, 4.69) is 30.9 Å². The summed E-state index contributed by atoms with van der Waals surface area (Å²) >= 11 is 0. The van der Waals surface area contributed by atoms with Crippen LogP contribution in [0.4, 0.5) is 0 Å². The molecule has 0 saturated heterocycles. The van der Waals surface area contributed by atoms with Gasteiger partial charge in [0.2, 0.25) is 17.7 Å². The molecule has 3 amide bonds. The zero-order valence-corrected chi connectivity index (χ0v) is 24.0. The van der Waals surface area contributed by atoms with Crippen LogP contribution < -0.4 is 21.7 Å². The Bertz CT molecular complexity index is 1530. The van der Waals surface area contributed by atoms with Crippen LogP contribution in [0.5, 0.6) is 0 Å². The van der Waals surface area contributed by atoms with E-state index in [1.165, 1.54) is 12.5 Å². The van der Waals surface area contributed by atoms with Crippen LogP contribution in [0.2, 0.25) is 0 Å². The fraction of sp³-hybridized carbons (Fsp3) is 0.323. The second-order valence-electron chi connectivity index (χ2n) is 10.8. The fourth-order valence-electron chi connectivity index (χ4n) is 4.83. The average molecular weight is 588 g/mol. The summed E-state index contributed by atoms with van der Waals surface area (Å²) in [6.07, 6.45) is 5.10. The number of hydrogen-bond acceptors (Lipinski definition) is 6. The van der Waals surface area contributed by atoms with E-state index in [1.54, 1.807) is 38.1 Å². The zero-order chi connectivity index (χ0) is 30.9. The fourth-order valence-corrected chi connectivity index (χ4v) is 4.83. The normalized spacial score (nSPS) is 14.0. The Kier molecular flexibility index (Phi) is 10.3. The van der Waals surface area contributed by atoms with Crippen molar-refractivity contribution < 1.29 is 24.3 Å². The maximum absolute atomic E-state index is 13.5. The molecule has 2 aromatic heterocycles. The lowest BCUT2D eigenvalue weighted by Gasteiger charge is -2.27. The number of aromatic nitrogens is 3. The van der Waals surface area contributed by atoms with E-state index >= 15 is 0 Å². The molecule has 12 nitrogen and oxygen atoms in total. The molecular formula is C31H37N7O5. The van der Waals surface area contributed by atoms with Gasteiger partial charge in [0.05, 0.1) is 12.4 Å². The van der Waals surface area contributed by atoms with E-state index in [1.807, 2.05) is 36.5 Å². The molecule has 0 fully saturated rings. The maximum atomic E-state index is 13.5. The molecule has 2 aromatic carbocycles. The number of nitrogens with one attached hydrogen (secondary N) is 5. The molecule has 0 spiro atoms. The number of rotatable bonds is 14. The van der Waals surface area contributed by atoms with Crippen molar-refractivity contribution in [2.75, 3.05) is 0 Å². The molecule has 0 aliphatic heterocycles. The summed E-state index contributed by atoms with van der Waals surface area (Å²) in [6.45, 7) is 3.53. The number of nitrogens with zero attached hydrogens (tertiary/aromatic N) is 1. The van der Waals surface area contributed by atoms with E-state index in [0.29, 0.717) is 5.69 Å². The predicted octanol–water partition coefficient (Wildman–Crippen LogP) is 1.44. The molecule has 0 bridgehead atoms. The summed E-state index contributed by atoms with van der Waals surface area (Å²) in [7, 11) is 0. The van der Waals surface area contributed by atoms with Gasteiger partial charge < -0.3 is 36.8 Å². The van der Waals surface area contributed by atoms with E-state index in [9.17, 15) is 24.3 Å². The smallest absolute Gasteiger partial charge is 0.326 e. The van der Waals surface area contributed by atoms with Crippen LogP contribution in [-0.4, -0.2) is 67.9 Å². The first-order valence-corrected chi connectivity index (χ1v) is 14.1. The van der Waals surface area contributed by atoms with Gasteiger partial charge in [-0.25, -0.2) is 9.78 Å². The molecule has 0 radical (unpaired) electrons. The molecule has 12 heteroatoms. The Morgan fingerprint density at radius 3 is 2.21 bits per heavy atom. The molecule has 4 aromatic rings. The number of H-pyrrole nitrogens is 2. The number of hydrogen-bond donors (Lipinski definition) is 7. The Hall–Kier alpha value is -4.97. The van der Waals surface area contributed by atoms with Gasteiger partial charge in [-0.3, -0.25) is 14.4 Å². The second kappa shape index (κ2) is 14.3. The van der Waals surface area contributed by atoms with Crippen molar-refractivity contribution >= 4 is 34.6 Å². The number of nitrogens with two attached hydrogens (primary N) is 1. The van der Waals surface area contributed by atoms with Crippen molar-refractivity contribution in [1.29, 1.82) is 0 Å². The van der Waals surface area contributed by atoms with Gasteiger partial charge in [-0.05, 0) is 29.5 Å². The molecule has 43 heavy (non-hydrogen) atoms. The van der Waals surface area contributed by atoms with Gasteiger partial charge in [-0.2, -0.15) is 0 Å². The van der Waals surface area contributed by atoms with Gasteiger partial charge in [0, 0.05) is 41.8 Å².